The quantitative estimate of drug-likeness (QED) is 0.832. The van der Waals surface area contributed by atoms with Crippen molar-refractivity contribution >= 4 is 28.6 Å². The number of carbonyl (C=O) groups is 1. The molecule has 18 heavy (non-hydrogen) atoms. The fraction of sp³-hybridized carbons (Fsp3) is 0.333. The lowest BCUT2D eigenvalue weighted by molar-refractivity contribution is -0.120. The molecule has 0 aliphatic rings. The molecule has 5 nitrogen and oxygen atoms in total. The monoisotopic (exact) mass is 268 g/mol. The van der Waals surface area contributed by atoms with Crippen LogP contribution in [0, 0.1) is 0 Å². The number of hydrogen-bond acceptors (Lipinski definition) is 3. The van der Waals surface area contributed by atoms with E-state index >= 15 is 0 Å². The minimum absolute atomic E-state index is 0.0891. The van der Waals surface area contributed by atoms with E-state index in [0.717, 1.165) is 5.56 Å². The van der Waals surface area contributed by atoms with Crippen LogP contribution in [0.2, 0.25) is 0 Å². The Bertz CT molecular complexity index is 642. The molecule has 2 rings (SSSR count). The van der Waals surface area contributed by atoms with Crippen LogP contribution in [0.1, 0.15) is 19.4 Å². The fourth-order valence-corrected chi connectivity index (χ4v) is 1.86. The molecule has 0 fully saturated rings. The van der Waals surface area contributed by atoms with Crippen molar-refractivity contribution in [3.05, 3.63) is 34.3 Å². The Hall–Kier alpha value is -1.75. The summed E-state index contributed by atoms with van der Waals surface area (Å²) in [5, 5.41) is 2.80. The topological polar surface area (TPSA) is 75.1 Å². The zero-order valence-electron chi connectivity index (χ0n) is 10.0. The van der Waals surface area contributed by atoms with Crippen molar-refractivity contribution in [3.8, 4) is 0 Å². The molecule has 1 heterocycles. The highest BCUT2D eigenvalue weighted by Crippen LogP contribution is 2.23. The Balaban J connectivity index is 2.40. The van der Waals surface area contributed by atoms with E-state index in [1.54, 1.807) is 18.2 Å². The number of hydrogen-bond donors (Lipinski definition) is 2. The first-order valence-electron chi connectivity index (χ1n) is 5.43. The first-order valence-corrected chi connectivity index (χ1v) is 5.96. The van der Waals surface area contributed by atoms with Crippen molar-refractivity contribution in [2.24, 2.45) is 0 Å². The Morgan fingerprint density at radius 2 is 2.22 bits per heavy atom. The summed E-state index contributed by atoms with van der Waals surface area (Å²) in [4.78, 5) is 25.0. The molecule has 0 aliphatic heterocycles. The number of oxazole rings is 1. The van der Waals surface area contributed by atoms with Gasteiger partial charge in [0, 0.05) is 0 Å². The maximum absolute atomic E-state index is 11.3. The predicted molar refractivity (Wildman–Crippen MR) is 68.7 cm³/mol. The summed E-state index contributed by atoms with van der Waals surface area (Å²) in [6.07, 6.45) is 0. The lowest BCUT2D eigenvalue weighted by atomic mass is 9.94. The third-order valence-electron chi connectivity index (χ3n) is 2.71. The van der Waals surface area contributed by atoms with E-state index in [-0.39, 0.29) is 11.8 Å². The molecule has 0 aliphatic carbocycles. The van der Waals surface area contributed by atoms with Crippen molar-refractivity contribution in [2.45, 2.75) is 19.4 Å². The molecule has 96 valence electrons. The number of H-pyrrole nitrogens is 1. The molecule has 6 heteroatoms. The molecule has 0 atom stereocenters. The number of amides is 1. The van der Waals surface area contributed by atoms with Gasteiger partial charge in [0.1, 0.15) is 5.88 Å². The van der Waals surface area contributed by atoms with Crippen LogP contribution in [0.25, 0.3) is 11.1 Å². The summed E-state index contributed by atoms with van der Waals surface area (Å²) in [5.74, 6) is -0.832. The normalized spacial score (nSPS) is 11.7. The Morgan fingerprint density at radius 3 is 2.89 bits per heavy atom. The summed E-state index contributed by atoms with van der Waals surface area (Å²) < 4.78 is 4.92. The number of aromatic nitrogens is 1. The van der Waals surface area contributed by atoms with E-state index in [9.17, 15) is 9.59 Å². The van der Waals surface area contributed by atoms with Gasteiger partial charge in [-0.2, -0.15) is 0 Å². The fourth-order valence-electron chi connectivity index (χ4n) is 1.79. The first-order chi connectivity index (χ1) is 8.42. The van der Waals surface area contributed by atoms with E-state index in [0.29, 0.717) is 11.1 Å². The Morgan fingerprint density at radius 1 is 1.50 bits per heavy atom. The highest BCUT2D eigenvalue weighted by molar-refractivity contribution is 6.27. The number of rotatable bonds is 3. The van der Waals surface area contributed by atoms with E-state index in [4.69, 9.17) is 16.0 Å². The van der Waals surface area contributed by atoms with Crippen LogP contribution in [-0.2, 0) is 10.3 Å². The number of fused-ring (bicyclic) bond motifs is 1. The minimum Gasteiger partial charge on any atom is -0.408 e. The van der Waals surface area contributed by atoms with Crippen LogP contribution in [-0.4, -0.2) is 16.8 Å². The first kappa shape index (κ1) is 12.7. The minimum atomic E-state index is -0.575. The van der Waals surface area contributed by atoms with Crippen LogP contribution in [0.5, 0.6) is 0 Å². The summed E-state index contributed by atoms with van der Waals surface area (Å²) in [6.45, 7) is 3.72. The number of benzene rings is 1. The number of halogens is 1. The van der Waals surface area contributed by atoms with Gasteiger partial charge < -0.3 is 9.73 Å². The molecule has 0 bridgehead atoms. The molecular weight excluding hydrogens is 256 g/mol. The zero-order valence-corrected chi connectivity index (χ0v) is 10.8. The molecule has 0 saturated heterocycles. The molecule has 0 saturated carbocycles. The van der Waals surface area contributed by atoms with E-state index < -0.39 is 11.3 Å². The Labute approximate surface area is 108 Å². The molecular formula is C12H13ClN2O3. The van der Waals surface area contributed by atoms with Gasteiger partial charge in [0.15, 0.2) is 5.58 Å². The molecule has 0 unspecified atom stereocenters. The SMILES string of the molecule is CC(C)(NC(=O)CCl)c1ccc2oc(=O)[nH]c2c1. The highest BCUT2D eigenvalue weighted by Gasteiger charge is 2.23. The van der Waals surface area contributed by atoms with Crippen molar-refractivity contribution in [2.75, 3.05) is 5.88 Å². The van der Waals surface area contributed by atoms with Gasteiger partial charge in [0.25, 0.3) is 0 Å². The number of carbonyl (C=O) groups excluding carboxylic acids is 1. The van der Waals surface area contributed by atoms with Crippen molar-refractivity contribution in [1.29, 1.82) is 0 Å². The second-order valence-electron chi connectivity index (χ2n) is 4.53. The van der Waals surface area contributed by atoms with E-state index in [1.165, 1.54) is 0 Å². The van der Waals surface area contributed by atoms with Crippen molar-refractivity contribution in [3.63, 3.8) is 0 Å². The van der Waals surface area contributed by atoms with Gasteiger partial charge in [0.2, 0.25) is 5.91 Å². The van der Waals surface area contributed by atoms with Crippen LogP contribution in [0.15, 0.2) is 27.4 Å². The third-order valence-corrected chi connectivity index (χ3v) is 2.96. The smallest absolute Gasteiger partial charge is 0.408 e. The number of nitrogens with one attached hydrogen (secondary N) is 2. The summed E-state index contributed by atoms with van der Waals surface area (Å²) in [7, 11) is 0. The lowest BCUT2D eigenvalue weighted by Crippen LogP contribution is -2.41. The number of aromatic amines is 1. The van der Waals surface area contributed by atoms with Gasteiger partial charge in [-0.05, 0) is 31.5 Å². The van der Waals surface area contributed by atoms with Crippen LogP contribution < -0.4 is 11.1 Å². The van der Waals surface area contributed by atoms with E-state index in [2.05, 4.69) is 10.3 Å². The summed E-state index contributed by atoms with van der Waals surface area (Å²) >= 11 is 5.47. The average Bonchev–Trinajstić information content (AvgIpc) is 2.67. The van der Waals surface area contributed by atoms with Gasteiger partial charge in [-0.1, -0.05) is 6.07 Å². The third kappa shape index (κ3) is 2.41. The van der Waals surface area contributed by atoms with Gasteiger partial charge in [-0.25, -0.2) is 4.79 Å². The maximum atomic E-state index is 11.3. The van der Waals surface area contributed by atoms with Gasteiger partial charge in [-0.15, -0.1) is 11.6 Å². The maximum Gasteiger partial charge on any atom is 0.417 e. The van der Waals surface area contributed by atoms with E-state index in [1.807, 2.05) is 13.8 Å². The summed E-state index contributed by atoms with van der Waals surface area (Å²) in [5.41, 5.74) is 1.37. The zero-order chi connectivity index (χ0) is 13.3. The molecule has 1 aromatic carbocycles. The largest absolute Gasteiger partial charge is 0.417 e. The van der Waals surface area contributed by atoms with Gasteiger partial charge in [0.05, 0.1) is 11.1 Å². The Kier molecular flexibility index (Phi) is 3.17. The molecule has 2 aromatic rings. The molecule has 1 amide bonds. The standard InChI is InChI=1S/C12H13ClN2O3/c1-12(2,15-10(16)6-13)7-3-4-9-8(5-7)14-11(17)18-9/h3-5H,6H2,1-2H3,(H,14,17)(H,15,16). The van der Waals surface area contributed by atoms with Gasteiger partial charge >= 0.3 is 5.76 Å². The highest BCUT2D eigenvalue weighted by atomic mass is 35.5. The second-order valence-corrected chi connectivity index (χ2v) is 4.80. The van der Waals surface area contributed by atoms with Crippen molar-refractivity contribution in [1.82, 2.24) is 10.3 Å². The van der Waals surface area contributed by atoms with Crippen molar-refractivity contribution < 1.29 is 9.21 Å². The molecule has 1 aromatic heterocycles. The average molecular weight is 269 g/mol. The second kappa shape index (κ2) is 4.49. The summed E-state index contributed by atoms with van der Waals surface area (Å²) in [6, 6.07) is 5.26. The molecule has 0 spiro atoms. The predicted octanol–water partition coefficient (Wildman–Crippen LogP) is 1.71. The van der Waals surface area contributed by atoms with Crippen LogP contribution >= 0.6 is 11.6 Å². The van der Waals surface area contributed by atoms with Gasteiger partial charge in [-0.3, -0.25) is 9.78 Å². The lowest BCUT2D eigenvalue weighted by Gasteiger charge is -2.26. The number of alkyl halides is 1. The molecule has 2 N–H and O–H groups in total. The van der Waals surface area contributed by atoms with Crippen LogP contribution in [0.3, 0.4) is 0 Å². The van der Waals surface area contributed by atoms with Crippen LogP contribution in [0.4, 0.5) is 0 Å². The molecule has 0 radical (unpaired) electrons.